The molecule has 3 aliphatic heterocycles. The molecule has 0 N–H and O–H groups in total. The highest BCUT2D eigenvalue weighted by Crippen LogP contribution is 2.41. The number of hydrogen-bond donors (Lipinski definition) is 0. The maximum absolute atomic E-state index is 11.9. The predicted octanol–water partition coefficient (Wildman–Crippen LogP) is 1.07. The van der Waals surface area contributed by atoms with E-state index < -0.39 is 29.8 Å². The minimum Gasteiger partial charge on any atom is -0.487 e. The Balaban J connectivity index is 1.91. The molecule has 0 aromatic heterocycles. The van der Waals surface area contributed by atoms with Crippen molar-refractivity contribution in [1.29, 1.82) is 0 Å². The van der Waals surface area contributed by atoms with Crippen molar-refractivity contribution in [3.8, 4) is 0 Å². The Morgan fingerprint density at radius 3 is 2.43 bits per heavy atom. The van der Waals surface area contributed by atoms with Crippen molar-refractivity contribution in [3.05, 3.63) is 11.5 Å². The first kappa shape index (κ1) is 14.6. The molecule has 3 atom stereocenters. The monoisotopic (exact) mass is 300 g/mol. The first-order valence-electron chi connectivity index (χ1n) is 6.90. The largest absolute Gasteiger partial charge is 0.487 e. The van der Waals surface area contributed by atoms with Crippen LogP contribution >= 0.6 is 0 Å². The average molecular weight is 300 g/mol. The normalized spacial score (nSPS) is 37.0. The molecule has 3 aliphatic rings. The SMILES string of the molecule is COC1=C2OC(C)(C)O[C@H](C3COC(C)(C)O3)[C@@H]2OC1=O. The summed E-state index contributed by atoms with van der Waals surface area (Å²) in [5.41, 5.74) is 0. The van der Waals surface area contributed by atoms with Gasteiger partial charge in [0.05, 0.1) is 13.7 Å². The number of methoxy groups -OCH3 is 1. The Bertz CT molecular complexity index is 494. The molecule has 0 radical (unpaired) electrons. The Morgan fingerprint density at radius 1 is 1.14 bits per heavy atom. The Kier molecular flexibility index (Phi) is 3.20. The lowest BCUT2D eigenvalue weighted by molar-refractivity contribution is -0.294. The van der Waals surface area contributed by atoms with Crippen LogP contribution in [-0.2, 0) is 33.2 Å². The molecule has 0 spiro atoms. The molecule has 0 aromatic rings. The number of esters is 1. The van der Waals surface area contributed by atoms with Gasteiger partial charge in [-0.3, -0.25) is 0 Å². The van der Waals surface area contributed by atoms with Crippen LogP contribution in [0.1, 0.15) is 27.7 Å². The summed E-state index contributed by atoms with van der Waals surface area (Å²) in [4.78, 5) is 11.9. The molecule has 2 fully saturated rings. The minimum atomic E-state index is -0.912. The fraction of sp³-hybridized carbons (Fsp3) is 0.786. The van der Waals surface area contributed by atoms with Crippen LogP contribution in [0.3, 0.4) is 0 Å². The van der Waals surface area contributed by atoms with Gasteiger partial charge in [-0.25, -0.2) is 4.79 Å². The number of fused-ring (bicyclic) bond motifs is 1. The third-order valence-electron chi connectivity index (χ3n) is 3.58. The van der Waals surface area contributed by atoms with Crippen LogP contribution < -0.4 is 0 Å². The number of carbonyl (C=O) groups excluding carboxylic acids is 1. The van der Waals surface area contributed by atoms with E-state index in [0.29, 0.717) is 12.4 Å². The maximum Gasteiger partial charge on any atom is 0.378 e. The van der Waals surface area contributed by atoms with E-state index >= 15 is 0 Å². The summed E-state index contributed by atoms with van der Waals surface area (Å²) in [7, 11) is 1.41. The lowest BCUT2D eigenvalue weighted by Gasteiger charge is -2.41. The Labute approximate surface area is 123 Å². The second kappa shape index (κ2) is 4.59. The molecule has 0 aliphatic carbocycles. The van der Waals surface area contributed by atoms with Gasteiger partial charge in [-0.15, -0.1) is 0 Å². The maximum atomic E-state index is 11.9. The topological polar surface area (TPSA) is 72.5 Å². The third kappa shape index (κ3) is 2.49. The smallest absolute Gasteiger partial charge is 0.378 e. The number of hydrogen-bond acceptors (Lipinski definition) is 7. The van der Waals surface area contributed by atoms with Crippen LogP contribution in [0.5, 0.6) is 0 Å². The van der Waals surface area contributed by atoms with Gasteiger partial charge in [0.2, 0.25) is 11.5 Å². The van der Waals surface area contributed by atoms with E-state index in [1.165, 1.54) is 7.11 Å². The van der Waals surface area contributed by atoms with E-state index in [2.05, 4.69) is 0 Å². The van der Waals surface area contributed by atoms with Crippen molar-refractivity contribution in [2.75, 3.05) is 13.7 Å². The van der Waals surface area contributed by atoms with Crippen LogP contribution in [-0.4, -0.2) is 49.6 Å². The van der Waals surface area contributed by atoms with Crippen molar-refractivity contribution in [2.45, 2.75) is 57.6 Å². The zero-order valence-electron chi connectivity index (χ0n) is 12.8. The van der Waals surface area contributed by atoms with E-state index in [9.17, 15) is 4.79 Å². The second-order valence-corrected chi connectivity index (χ2v) is 6.17. The van der Waals surface area contributed by atoms with E-state index in [-0.39, 0.29) is 11.9 Å². The highest BCUT2D eigenvalue weighted by atomic mass is 16.8. The molecule has 21 heavy (non-hydrogen) atoms. The van der Waals surface area contributed by atoms with E-state index in [4.69, 9.17) is 28.4 Å². The van der Waals surface area contributed by atoms with Crippen LogP contribution in [0.2, 0.25) is 0 Å². The zero-order valence-corrected chi connectivity index (χ0v) is 12.8. The second-order valence-electron chi connectivity index (χ2n) is 6.17. The molecule has 0 aromatic carbocycles. The van der Waals surface area contributed by atoms with Crippen molar-refractivity contribution in [2.24, 2.45) is 0 Å². The molecule has 0 amide bonds. The van der Waals surface area contributed by atoms with Crippen molar-refractivity contribution < 1.29 is 33.2 Å². The Hall–Kier alpha value is -1.31. The van der Waals surface area contributed by atoms with E-state index in [0.717, 1.165) is 0 Å². The fourth-order valence-corrected chi connectivity index (χ4v) is 2.78. The van der Waals surface area contributed by atoms with Gasteiger partial charge in [-0.05, 0) is 13.8 Å². The minimum absolute atomic E-state index is 0.0829. The van der Waals surface area contributed by atoms with E-state index in [1.54, 1.807) is 13.8 Å². The number of carbonyl (C=O) groups is 1. The highest BCUT2D eigenvalue weighted by Gasteiger charge is 2.55. The van der Waals surface area contributed by atoms with Gasteiger partial charge in [0.1, 0.15) is 12.2 Å². The van der Waals surface area contributed by atoms with Gasteiger partial charge in [0, 0.05) is 13.8 Å². The van der Waals surface area contributed by atoms with Crippen molar-refractivity contribution >= 4 is 5.97 Å². The van der Waals surface area contributed by atoms with Gasteiger partial charge >= 0.3 is 5.97 Å². The van der Waals surface area contributed by atoms with Gasteiger partial charge < -0.3 is 28.4 Å². The van der Waals surface area contributed by atoms with Crippen LogP contribution in [0.15, 0.2) is 11.5 Å². The van der Waals surface area contributed by atoms with E-state index in [1.807, 2.05) is 13.8 Å². The first-order valence-corrected chi connectivity index (χ1v) is 6.90. The standard InChI is InChI=1S/C14H20O7/c1-13(2)17-6-7(19-13)8-9-10(21-14(3,4)20-8)11(16-5)12(15)18-9/h7-9H,6H2,1-5H3/t7?,8-,9+/m1/s1. The summed E-state index contributed by atoms with van der Waals surface area (Å²) in [6, 6.07) is 0. The van der Waals surface area contributed by atoms with Crippen LogP contribution in [0.4, 0.5) is 0 Å². The number of ether oxygens (including phenoxy) is 6. The summed E-state index contributed by atoms with van der Waals surface area (Å²) in [5, 5.41) is 0. The zero-order chi connectivity index (χ0) is 15.4. The van der Waals surface area contributed by atoms with Gasteiger partial charge in [0.15, 0.2) is 17.7 Å². The lowest BCUT2D eigenvalue weighted by atomic mass is 10.0. The molecular weight excluding hydrogens is 280 g/mol. The Morgan fingerprint density at radius 2 is 1.86 bits per heavy atom. The summed E-state index contributed by atoms with van der Waals surface area (Å²) in [6.07, 6.45) is -1.54. The van der Waals surface area contributed by atoms with Crippen LogP contribution in [0, 0.1) is 0 Å². The number of rotatable bonds is 2. The predicted molar refractivity (Wildman–Crippen MR) is 68.9 cm³/mol. The first-order chi connectivity index (χ1) is 9.72. The molecule has 3 rings (SSSR count). The molecule has 0 saturated carbocycles. The van der Waals surface area contributed by atoms with Gasteiger partial charge in [-0.2, -0.15) is 0 Å². The average Bonchev–Trinajstić information content (AvgIpc) is 2.86. The van der Waals surface area contributed by atoms with Crippen molar-refractivity contribution in [3.63, 3.8) is 0 Å². The molecule has 7 nitrogen and oxygen atoms in total. The molecule has 1 unspecified atom stereocenters. The lowest BCUT2D eigenvalue weighted by Crippen LogP contribution is -2.53. The summed E-state index contributed by atoms with van der Waals surface area (Å²) >= 11 is 0. The quantitative estimate of drug-likeness (QED) is 0.706. The van der Waals surface area contributed by atoms with Gasteiger partial charge in [-0.1, -0.05) is 0 Å². The molecule has 118 valence electrons. The summed E-state index contributed by atoms with van der Waals surface area (Å²) in [5.74, 6) is -1.71. The third-order valence-corrected chi connectivity index (χ3v) is 3.58. The van der Waals surface area contributed by atoms with Crippen molar-refractivity contribution in [1.82, 2.24) is 0 Å². The summed E-state index contributed by atoms with van der Waals surface area (Å²) in [6.45, 7) is 7.54. The molecule has 7 heteroatoms. The fourth-order valence-electron chi connectivity index (χ4n) is 2.78. The molecule has 3 heterocycles. The molecule has 0 bridgehead atoms. The molecular formula is C14H20O7. The van der Waals surface area contributed by atoms with Crippen LogP contribution in [0.25, 0.3) is 0 Å². The highest BCUT2D eigenvalue weighted by molar-refractivity contribution is 5.89. The molecule has 2 saturated heterocycles. The summed E-state index contributed by atoms with van der Waals surface area (Å²) < 4.78 is 33.4. The van der Waals surface area contributed by atoms with Gasteiger partial charge in [0.25, 0.3) is 0 Å².